The average Bonchev–Trinajstić information content (AvgIpc) is 2.72. The molecule has 1 unspecified atom stereocenters. The van der Waals surface area contributed by atoms with Gasteiger partial charge in [0.1, 0.15) is 0 Å². The van der Waals surface area contributed by atoms with Gasteiger partial charge in [0.25, 0.3) is 0 Å². The standard InChI is InChI=1S/C21H22ClNO5/c1-4-28-21(25)20(24)23-10-9-13-11-17(26-2)18(27-3)12-15(13)19(23)14-7-5-6-8-16(14)22/h5-8,11-12,19H,4,9-10H2,1-3H3. The first kappa shape index (κ1) is 20.0. The molecule has 0 bridgehead atoms. The van der Waals surface area contributed by atoms with Gasteiger partial charge >= 0.3 is 11.9 Å². The summed E-state index contributed by atoms with van der Waals surface area (Å²) in [6.07, 6.45) is 0.571. The van der Waals surface area contributed by atoms with E-state index in [0.717, 1.165) is 16.7 Å². The van der Waals surface area contributed by atoms with Crippen LogP contribution in [0, 0.1) is 0 Å². The van der Waals surface area contributed by atoms with Crippen molar-refractivity contribution in [3.05, 3.63) is 58.1 Å². The maximum atomic E-state index is 12.8. The third-order valence-corrected chi connectivity index (χ3v) is 5.13. The molecule has 0 aromatic heterocycles. The molecule has 0 fully saturated rings. The summed E-state index contributed by atoms with van der Waals surface area (Å²) in [4.78, 5) is 26.5. The minimum atomic E-state index is -0.872. The molecule has 28 heavy (non-hydrogen) atoms. The van der Waals surface area contributed by atoms with Crippen LogP contribution < -0.4 is 9.47 Å². The lowest BCUT2D eigenvalue weighted by atomic mass is 9.87. The zero-order chi connectivity index (χ0) is 20.3. The van der Waals surface area contributed by atoms with Crippen LogP contribution in [0.15, 0.2) is 36.4 Å². The highest BCUT2D eigenvalue weighted by molar-refractivity contribution is 6.33. The zero-order valence-electron chi connectivity index (χ0n) is 16.0. The quantitative estimate of drug-likeness (QED) is 0.578. The summed E-state index contributed by atoms with van der Waals surface area (Å²) < 4.78 is 15.8. The largest absolute Gasteiger partial charge is 0.493 e. The molecule has 1 amide bonds. The van der Waals surface area contributed by atoms with Gasteiger partial charge in [0.15, 0.2) is 11.5 Å². The van der Waals surface area contributed by atoms with Crippen molar-refractivity contribution in [3.63, 3.8) is 0 Å². The Labute approximate surface area is 168 Å². The summed E-state index contributed by atoms with van der Waals surface area (Å²) in [6.45, 7) is 2.16. The summed E-state index contributed by atoms with van der Waals surface area (Å²) in [5.41, 5.74) is 2.58. The van der Waals surface area contributed by atoms with Crippen molar-refractivity contribution in [2.24, 2.45) is 0 Å². The number of esters is 1. The minimum absolute atomic E-state index is 0.136. The zero-order valence-corrected chi connectivity index (χ0v) is 16.8. The number of amides is 1. The number of methoxy groups -OCH3 is 2. The Bertz CT molecular complexity index is 898. The molecular weight excluding hydrogens is 382 g/mol. The predicted molar refractivity (Wildman–Crippen MR) is 105 cm³/mol. The summed E-state index contributed by atoms with van der Waals surface area (Å²) in [6, 6.07) is 10.5. The van der Waals surface area contributed by atoms with Crippen LogP contribution in [0.1, 0.15) is 29.7 Å². The third-order valence-electron chi connectivity index (χ3n) is 4.78. The summed E-state index contributed by atoms with van der Waals surface area (Å²) in [7, 11) is 3.13. The van der Waals surface area contributed by atoms with E-state index < -0.39 is 17.9 Å². The molecule has 0 spiro atoms. The highest BCUT2D eigenvalue weighted by Gasteiger charge is 2.37. The SMILES string of the molecule is CCOC(=O)C(=O)N1CCc2cc(OC)c(OC)cc2C1c1ccccc1Cl. The van der Waals surface area contributed by atoms with Crippen molar-refractivity contribution in [2.75, 3.05) is 27.4 Å². The van der Waals surface area contributed by atoms with E-state index in [1.807, 2.05) is 30.3 Å². The molecule has 2 aromatic carbocycles. The molecule has 3 rings (SSSR count). The van der Waals surface area contributed by atoms with Gasteiger partial charge in [-0.3, -0.25) is 4.79 Å². The fraction of sp³-hybridized carbons (Fsp3) is 0.333. The number of carbonyl (C=O) groups is 2. The van der Waals surface area contributed by atoms with E-state index >= 15 is 0 Å². The van der Waals surface area contributed by atoms with E-state index in [4.69, 9.17) is 25.8 Å². The molecule has 148 valence electrons. The number of halogens is 1. The van der Waals surface area contributed by atoms with Crippen molar-refractivity contribution in [2.45, 2.75) is 19.4 Å². The van der Waals surface area contributed by atoms with E-state index in [0.29, 0.717) is 29.5 Å². The highest BCUT2D eigenvalue weighted by Crippen LogP contribution is 2.42. The number of nitrogens with zero attached hydrogens (tertiary/aromatic N) is 1. The Morgan fingerprint density at radius 1 is 1.11 bits per heavy atom. The number of benzene rings is 2. The number of ether oxygens (including phenoxy) is 3. The summed E-state index contributed by atoms with van der Waals surface area (Å²) in [5, 5.41) is 0.511. The number of fused-ring (bicyclic) bond motifs is 1. The number of hydrogen-bond donors (Lipinski definition) is 0. The van der Waals surface area contributed by atoms with Gasteiger partial charge in [-0.05, 0) is 48.2 Å². The van der Waals surface area contributed by atoms with Crippen molar-refractivity contribution >= 4 is 23.5 Å². The van der Waals surface area contributed by atoms with Gasteiger partial charge in [-0.1, -0.05) is 29.8 Å². The van der Waals surface area contributed by atoms with Crippen LogP contribution in [0.5, 0.6) is 11.5 Å². The van der Waals surface area contributed by atoms with Crippen molar-refractivity contribution in [1.29, 1.82) is 0 Å². The fourth-order valence-electron chi connectivity index (χ4n) is 3.51. The van der Waals surface area contributed by atoms with Crippen LogP contribution in [0.4, 0.5) is 0 Å². The second-order valence-corrected chi connectivity index (χ2v) is 6.71. The van der Waals surface area contributed by atoms with Crippen molar-refractivity contribution < 1.29 is 23.8 Å². The Kier molecular flexibility index (Phi) is 6.09. The molecule has 7 heteroatoms. The molecule has 0 radical (unpaired) electrons. The smallest absolute Gasteiger partial charge is 0.397 e. The molecule has 0 saturated heterocycles. The lowest BCUT2D eigenvalue weighted by molar-refractivity contribution is -0.161. The highest BCUT2D eigenvalue weighted by atomic mass is 35.5. The molecule has 0 N–H and O–H groups in total. The average molecular weight is 404 g/mol. The molecule has 2 aromatic rings. The van der Waals surface area contributed by atoms with Crippen LogP contribution in [-0.4, -0.2) is 44.1 Å². The van der Waals surface area contributed by atoms with Gasteiger partial charge in [0, 0.05) is 11.6 Å². The summed E-state index contributed by atoms with van der Waals surface area (Å²) >= 11 is 6.46. The molecule has 1 aliphatic rings. The predicted octanol–water partition coefficient (Wildman–Crippen LogP) is 3.39. The Morgan fingerprint density at radius 2 is 1.79 bits per heavy atom. The van der Waals surface area contributed by atoms with Gasteiger partial charge in [0.2, 0.25) is 0 Å². The summed E-state index contributed by atoms with van der Waals surface area (Å²) in [5.74, 6) is -0.399. The van der Waals surface area contributed by atoms with E-state index in [1.165, 1.54) is 4.90 Å². The van der Waals surface area contributed by atoms with Crippen LogP contribution in [0.25, 0.3) is 0 Å². The molecule has 0 aliphatic carbocycles. The maximum absolute atomic E-state index is 12.8. The Morgan fingerprint density at radius 3 is 2.43 bits per heavy atom. The molecule has 0 saturated carbocycles. The first-order chi connectivity index (χ1) is 13.5. The van der Waals surface area contributed by atoms with Gasteiger partial charge < -0.3 is 19.1 Å². The topological polar surface area (TPSA) is 65.1 Å². The molecule has 1 heterocycles. The fourth-order valence-corrected chi connectivity index (χ4v) is 3.75. The lowest BCUT2D eigenvalue weighted by Gasteiger charge is -2.37. The normalized spacial score (nSPS) is 15.6. The second-order valence-electron chi connectivity index (χ2n) is 6.30. The number of carbonyl (C=O) groups excluding carboxylic acids is 2. The van der Waals surface area contributed by atoms with E-state index in [1.54, 1.807) is 27.2 Å². The molecule has 6 nitrogen and oxygen atoms in total. The van der Waals surface area contributed by atoms with Crippen molar-refractivity contribution in [1.82, 2.24) is 4.90 Å². The van der Waals surface area contributed by atoms with Crippen LogP contribution in [0.2, 0.25) is 5.02 Å². The maximum Gasteiger partial charge on any atom is 0.397 e. The monoisotopic (exact) mass is 403 g/mol. The Balaban J connectivity index is 2.16. The molecule has 1 aliphatic heterocycles. The first-order valence-electron chi connectivity index (χ1n) is 8.98. The number of rotatable bonds is 4. The van der Waals surface area contributed by atoms with Crippen molar-refractivity contribution in [3.8, 4) is 11.5 Å². The van der Waals surface area contributed by atoms with Gasteiger partial charge in [-0.15, -0.1) is 0 Å². The van der Waals surface area contributed by atoms with E-state index in [-0.39, 0.29) is 6.61 Å². The Hall–Kier alpha value is -2.73. The van der Waals surface area contributed by atoms with Gasteiger partial charge in [-0.2, -0.15) is 0 Å². The van der Waals surface area contributed by atoms with Crippen LogP contribution >= 0.6 is 11.6 Å². The number of hydrogen-bond acceptors (Lipinski definition) is 5. The van der Waals surface area contributed by atoms with Gasteiger partial charge in [0.05, 0.1) is 26.9 Å². The van der Waals surface area contributed by atoms with E-state index in [9.17, 15) is 9.59 Å². The third kappa shape index (κ3) is 3.64. The van der Waals surface area contributed by atoms with Gasteiger partial charge in [-0.25, -0.2) is 4.79 Å². The van der Waals surface area contributed by atoms with Crippen LogP contribution in [-0.2, 0) is 20.7 Å². The lowest BCUT2D eigenvalue weighted by Crippen LogP contribution is -2.44. The minimum Gasteiger partial charge on any atom is -0.493 e. The van der Waals surface area contributed by atoms with E-state index in [2.05, 4.69) is 0 Å². The second kappa shape index (κ2) is 8.52. The molecule has 1 atom stereocenters. The molecular formula is C21H22ClNO5. The first-order valence-corrected chi connectivity index (χ1v) is 9.36. The van der Waals surface area contributed by atoms with Crippen LogP contribution in [0.3, 0.4) is 0 Å².